The Bertz CT molecular complexity index is 2130. The van der Waals surface area contributed by atoms with Crippen molar-refractivity contribution in [2.24, 2.45) is 0 Å². The van der Waals surface area contributed by atoms with Gasteiger partial charge in [-0.15, -0.1) is 0 Å². The number of nitrogens with zero attached hydrogens (tertiary/aromatic N) is 2. The molecule has 2 nitrogen and oxygen atoms in total. The molecule has 0 spiro atoms. The molecular weight excluding hydrogens is 605 g/mol. The number of fused-ring (bicyclic) bond motifs is 6. The lowest BCUT2D eigenvalue weighted by atomic mass is 9.83. The van der Waals surface area contributed by atoms with E-state index in [4.69, 9.17) is 0 Å². The highest BCUT2D eigenvalue weighted by molar-refractivity contribution is 5.95. The van der Waals surface area contributed by atoms with Gasteiger partial charge >= 0.3 is 0 Å². The summed E-state index contributed by atoms with van der Waals surface area (Å²) in [5.74, 6) is 1.43. The molecule has 0 radical (unpaired) electrons. The second-order valence-corrected chi connectivity index (χ2v) is 15.6. The quantitative estimate of drug-likeness (QED) is 0.175. The normalized spacial score (nSPS) is 18.2. The van der Waals surface area contributed by atoms with Crippen LogP contribution in [0.1, 0.15) is 123 Å². The van der Waals surface area contributed by atoms with Crippen LogP contribution in [-0.4, -0.2) is 9.13 Å². The Hall–Kier alpha value is -4.56. The molecule has 2 heteroatoms. The molecule has 10 rings (SSSR count). The van der Waals surface area contributed by atoms with Crippen LogP contribution in [0, 0.1) is 0 Å². The van der Waals surface area contributed by atoms with Crippen molar-refractivity contribution in [3.63, 3.8) is 0 Å². The minimum absolute atomic E-state index is 0.716. The highest BCUT2D eigenvalue weighted by Gasteiger charge is 2.24. The Morgan fingerprint density at radius 2 is 0.920 bits per heavy atom. The summed E-state index contributed by atoms with van der Waals surface area (Å²) in [6.07, 6.45) is 27.6. The van der Waals surface area contributed by atoms with Crippen molar-refractivity contribution in [2.75, 3.05) is 0 Å². The summed E-state index contributed by atoms with van der Waals surface area (Å²) in [5.41, 5.74) is 16.6. The molecule has 4 aliphatic carbocycles. The predicted octanol–water partition coefficient (Wildman–Crippen LogP) is 13.3. The Kier molecular flexibility index (Phi) is 7.66. The van der Waals surface area contributed by atoms with Crippen LogP contribution in [0.4, 0.5) is 0 Å². The van der Waals surface area contributed by atoms with Crippen molar-refractivity contribution in [1.29, 1.82) is 0 Å². The lowest BCUT2D eigenvalue weighted by molar-refractivity contribution is 0.444. The number of aromatic nitrogens is 2. The molecule has 50 heavy (non-hydrogen) atoms. The van der Waals surface area contributed by atoms with E-state index in [0.29, 0.717) is 11.8 Å². The van der Waals surface area contributed by atoms with E-state index >= 15 is 0 Å². The second kappa shape index (κ2) is 12.6. The van der Waals surface area contributed by atoms with Crippen molar-refractivity contribution < 1.29 is 0 Å². The SMILES string of the molecule is C1=Cc2c(n(-c3cccc(-c4cccc(-n5c6c(c7cc(C8CCCCC8)ccc75)C=CCC6)c4)c3)c3ccc(C4CCCCC4)cc23)CC1. The van der Waals surface area contributed by atoms with E-state index in [9.17, 15) is 0 Å². The first-order chi connectivity index (χ1) is 24.8. The van der Waals surface area contributed by atoms with Gasteiger partial charge in [-0.25, -0.2) is 0 Å². The van der Waals surface area contributed by atoms with Crippen LogP contribution in [0.15, 0.2) is 97.1 Å². The summed E-state index contributed by atoms with van der Waals surface area (Å²) in [6, 6.07) is 33.4. The van der Waals surface area contributed by atoms with Gasteiger partial charge in [-0.3, -0.25) is 0 Å². The first-order valence-corrected chi connectivity index (χ1v) is 19.7. The zero-order valence-electron chi connectivity index (χ0n) is 29.3. The van der Waals surface area contributed by atoms with Gasteiger partial charge in [-0.2, -0.15) is 0 Å². The van der Waals surface area contributed by atoms with Crippen molar-refractivity contribution >= 4 is 34.0 Å². The number of hydrogen-bond acceptors (Lipinski definition) is 0. The van der Waals surface area contributed by atoms with Crippen LogP contribution in [0.2, 0.25) is 0 Å². The molecule has 2 aromatic heterocycles. The third-order valence-electron chi connectivity index (χ3n) is 12.6. The number of hydrogen-bond donors (Lipinski definition) is 0. The Balaban J connectivity index is 1.05. The Labute approximate surface area is 297 Å². The van der Waals surface area contributed by atoms with Crippen molar-refractivity contribution in [1.82, 2.24) is 9.13 Å². The minimum Gasteiger partial charge on any atom is -0.313 e. The van der Waals surface area contributed by atoms with Crippen molar-refractivity contribution in [3.05, 3.63) is 131 Å². The fourth-order valence-corrected chi connectivity index (χ4v) is 10.1. The van der Waals surface area contributed by atoms with Gasteiger partial charge in [0.2, 0.25) is 0 Å². The minimum atomic E-state index is 0.716. The van der Waals surface area contributed by atoms with Crippen LogP contribution in [0.3, 0.4) is 0 Å². The Morgan fingerprint density at radius 3 is 1.38 bits per heavy atom. The van der Waals surface area contributed by atoms with Gasteiger partial charge in [0.1, 0.15) is 0 Å². The van der Waals surface area contributed by atoms with Gasteiger partial charge in [-0.05, 0) is 134 Å². The smallest absolute Gasteiger partial charge is 0.0537 e. The Morgan fingerprint density at radius 1 is 0.460 bits per heavy atom. The molecule has 2 saturated carbocycles. The molecule has 0 bridgehead atoms. The number of benzene rings is 4. The molecule has 0 unspecified atom stereocenters. The van der Waals surface area contributed by atoms with Crippen molar-refractivity contribution in [2.45, 2.75) is 102 Å². The lowest BCUT2D eigenvalue weighted by Gasteiger charge is -2.22. The molecule has 250 valence electrons. The molecular formula is C48H48N2. The maximum absolute atomic E-state index is 2.57. The van der Waals surface area contributed by atoms with E-state index in [1.807, 2.05) is 0 Å². The highest BCUT2D eigenvalue weighted by atomic mass is 15.0. The average Bonchev–Trinajstić information content (AvgIpc) is 3.71. The van der Waals surface area contributed by atoms with E-state index in [2.05, 4.69) is 118 Å². The second-order valence-electron chi connectivity index (χ2n) is 15.6. The molecule has 0 N–H and O–H groups in total. The lowest BCUT2D eigenvalue weighted by Crippen LogP contribution is -2.04. The van der Waals surface area contributed by atoms with Crippen LogP contribution in [-0.2, 0) is 12.8 Å². The van der Waals surface area contributed by atoms with Crippen LogP contribution in [0.25, 0.3) is 56.5 Å². The molecule has 0 atom stereocenters. The van der Waals surface area contributed by atoms with Gasteiger partial charge < -0.3 is 9.13 Å². The molecule has 0 aliphatic heterocycles. The van der Waals surface area contributed by atoms with Crippen LogP contribution < -0.4 is 0 Å². The van der Waals surface area contributed by atoms with Gasteiger partial charge in [0.05, 0.1) is 11.0 Å². The summed E-state index contributed by atoms with van der Waals surface area (Å²) >= 11 is 0. The van der Waals surface area contributed by atoms with E-state index < -0.39 is 0 Å². The van der Waals surface area contributed by atoms with E-state index in [-0.39, 0.29) is 0 Å². The molecule has 6 aromatic rings. The van der Waals surface area contributed by atoms with Gasteiger partial charge in [-0.1, -0.05) is 99.2 Å². The van der Waals surface area contributed by atoms with Gasteiger partial charge in [0, 0.05) is 44.7 Å². The van der Waals surface area contributed by atoms with Crippen LogP contribution in [0.5, 0.6) is 0 Å². The van der Waals surface area contributed by atoms with Gasteiger partial charge in [0.25, 0.3) is 0 Å². The molecule has 2 heterocycles. The first-order valence-electron chi connectivity index (χ1n) is 19.7. The number of rotatable bonds is 5. The van der Waals surface area contributed by atoms with Crippen molar-refractivity contribution in [3.8, 4) is 22.5 Å². The summed E-state index contributed by atoms with van der Waals surface area (Å²) in [6.45, 7) is 0. The topological polar surface area (TPSA) is 9.86 Å². The monoisotopic (exact) mass is 652 g/mol. The zero-order valence-corrected chi connectivity index (χ0v) is 29.3. The third-order valence-corrected chi connectivity index (χ3v) is 12.6. The molecule has 2 fully saturated rings. The average molecular weight is 653 g/mol. The molecule has 4 aliphatic rings. The van der Waals surface area contributed by atoms with Gasteiger partial charge in [0.15, 0.2) is 0 Å². The highest BCUT2D eigenvalue weighted by Crippen LogP contribution is 2.41. The maximum atomic E-state index is 2.57. The summed E-state index contributed by atoms with van der Waals surface area (Å²) in [4.78, 5) is 0. The fourth-order valence-electron chi connectivity index (χ4n) is 10.1. The largest absolute Gasteiger partial charge is 0.313 e. The zero-order chi connectivity index (χ0) is 33.0. The first kappa shape index (κ1) is 30.3. The third kappa shape index (κ3) is 5.13. The number of allylic oxidation sites excluding steroid dienone is 2. The molecule has 0 saturated heterocycles. The van der Waals surface area contributed by atoms with Crippen LogP contribution >= 0.6 is 0 Å². The van der Waals surface area contributed by atoms with E-state index in [0.717, 1.165) is 25.7 Å². The summed E-state index contributed by atoms with van der Waals surface area (Å²) < 4.78 is 5.14. The fraction of sp³-hybridized carbons (Fsp3) is 0.333. The summed E-state index contributed by atoms with van der Waals surface area (Å²) in [7, 11) is 0. The van der Waals surface area contributed by atoms with E-state index in [1.54, 1.807) is 11.1 Å². The predicted molar refractivity (Wildman–Crippen MR) is 212 cm³/mol. The molecule has 4 aromatic carbocycles. The standard InChI is InChI=1S/C48H48N2/c1-3-13-33(14-4-1)37-25-27-47-43(31-37)41-21-7-9-23-45(41)49(47)39-19-11-17-35(29-39)36-18-12-20-40(30-36)50-46-24-10-8-22-42(46)44-32-38(26-28-48(44)50)34-15-5-2-6-16-34/h7-8,11-12,17-22,25-34H,1-6,9-10,13-16,23-24H2. The van der Waals surface area contributed by atoms with E-state index in [1.165, 1.54) is 131 Å². The maximum Gasteiger partial charge on any atom is 0.0537 e. The molecule has 0 amide bonds. The summed E-state index contributed by atoms with van der Waals surface area (Å²) in [5, 5.41) is 2.85.